The Kier molecular flexibility index (Phi) is 5.63. The fraction of sp³-hybridized carbons (Fsp3) is 0.0741. The summed E-state index contributed by atoms with van der Waals surface area (Å²) < 4.78 is 48.0. The van der Waals surface area contributed by atoms with Crippen molar-refractivity contribution in [1.29, 1.82) is 0 Å². The number of rotatable bonds is 6. The minimum absolute atomic E-state index is 0.174. The van der Waals surface area contributed by atoms with E-state index in [1.165, 1.54) is 12.3 Å². The second-order valence-electron chi connectivity index (χ2n) is 7.86. The lowest BCUT2D eigenvalue weighted by atomic mass is 10.1. The summed E-state index contributed by atoms with van der Waals surface area (Å²) in [6.45, 7) is 1.74. The van der Waals surface area contributed by atoms with E-state index in [1.807, 2.05) is 48.5 Å². The average molecular weight is 473 g/mol. The van der Waals surface area contributed by atoms with Crippen LogP contribution in [0.15, 0.2) is 108 Å². The molecule has 1 heterocycles. The molecule has 0 saturated heterocycles. The Morgan fingerprint density at radius 3 is 2.41 bits per heavy atom. The molecule has 0 aliphatic carbocycles. The van der Waals surface area contributed by atoms with Crippen LogP contribution in [-0.4, -0.2) is 17.6 Å². The third-order valence-electron chi connectivity index (χ3n) is 5.62. The standard InChI is InChI=1S/C27H21FN2O3S/c1-19(33-22-14-15-23(25(28)18-22)20-8-3-2-4-9-20)26-16-17-30(29-26)34(31,32)27-13-7-11-21-10-5-6-12-24(21)27/h2-19H,1H3/t19-/m1/s1. The largest absolute Gasteiger partial charge is 0.484 e. The summed E-state index contributed by atoms with van der Waals surface area (Å²) in [7, 11) is -3.90. The van der Waals surface area contributed by atoms with Gasteiger partial charge in [-0.25, -0.2) is 4.39 Å². The maximum atomic E-state index is 14.7. The molecule has 5 aromatic rings. The molecule has 0 aliphatic heterocycles. The number of fused-ring (bicyclic) bond motifs is 1. The molecule has 0 spiro atoms. The Bertz CT molecular complexity index is 1580. The smallest absolute Gasteiger partial charge is 0.283 e. The van der Waals surface area contributed by atoms with Crippen LogP contribution in [0.4, 0.5) is 4.39 Å². The van der Waals surface area contributed by atoms with Crippen molar-refractivity contribution < 1.29 is 17.5 Å². The summed E-state index contributed by atoms with van der Waals surface area (Å²) in [6.07, 6.45) is 0.803. The van der Waals surface area contributed by atoms with Crippen molar-refractivity contribution >= 4 is 20.8 Å². The molecule has 0 aliphatic rings. The van der Waals surface area contributed by atoms with Gasteiger partial charge in [0.15, 0.2) is 0 Å². The number of ether oxygens (including phenoxy) is 1. The van der Waals surface area contributed by atoms with E-state index in [0.29, 0.717) is 22.4 Å². The second kappa shape index (κ2) is 8.76. The van der Waals surface area contributed by atoms with Gasteiger partial charge in [-0.15, -0.1) is 0 Å². The van der Waals surface area contributed by atoms with Crippen LogP contribution in [0.1, 0.15) is 18.7 Å². The van der Waals surface area contributed by atoms with Crippen LogP contribution in [0.5, 0.6) is 5.75 Å². The average Bonchev–Trinajstić information content (AvgIpc) is 3.36. The van der Waals surface area contributed by atoms with Crippen LogP contribution in [-0.2, 0) is 10.0 Å². The summed E-state index contributed by atoms with van der Waals surface area (Å²) >= 11 is 0. The first-order valence-corrected chi connectivity index (χ1v) is 12.2. The maximum Gasteiger partial charge on any atom is 0.283 e. The third kappa shape index (κ3) is 4.06. The molecule has 34 heavy (non-hydrogen) atoms. The van der Waals surface area contributed by atoms with Crippen LogP contribution in [0.2, 0.25) is 0 Å². The van der Waals surface area contributed by atoms with Crippen molar-refractivity contribution in [1.82, 2.24) is 9.19 Å². The van der Waals surface area contributed by atoms with Gasteiger partial charge >= 0.3 is 0 Å². The molecule has 1 atom stereocenters. The van der Waals surface area contributed by atoms with Crippen molar-refractivity contribution in [3.05, 3.63) is 115 Å². The molecule has 5 nitrogen and oxygen atoms in total. The molecular formula is C27H21FN2O3S. The van der Waals surface area contributed by atoms with E-state index in [9.17, 15) is 12.8 Å². The van der Waals surface area contributed by atoms with E-state index >= 15 is 0 Å². The monoisotopic (exact) mass is 472 g/mol. The zero-order valence-electron chi connectivity index (χ0n) is 18.3. The number of hydrogen-bond donors (Lipinski definition) is 0. The Morgan fingerprint density at radius 1 is 0.882 bits per heavy atom. The molecule has 170 valence electrons. The second-order valence-corrected chi connectivity index (χ2v) is 9.63. The highest BCUT2D eigenvalue weighted by Crippen LogP contribution is 2.29. The Hall–Kier alpha value is -3.97. The summed E-state index contributed by atoms with van der Waals surface area (Å²) in [4.78, 5) is 0.174. The Morgan fingerprint density at radius 2 is 1.62 bits per heavy atom. The maximum absolute atomic E-state index is 14.7. The zero-order valence-corrected chi connectivity index (χ0v) is 19.1. The first kappa shape index (κ1) is 21.9. The number of hydrogen-bond acceptors (Lipinski definition) is 4. The topological polar surface area (TPSA) is 61.2 Å². The summed E-state index contributed by atoms with van der Waals surface area (Å²) in [5.74, 6) is -0.0731. The molecule has 0 N–H and O–H groups in total. The Labute approximate surface area is 197 Å². The van der Waals surface area contributed by atoms with Gasteiger partial charge in [0.25, 0.3) is 10.0 Å². The highest BCUT2D eigenvalue weighted by Gasteiger charge is 2.22. The first-order valence-electron chi connectivity index (χ1n) is 10.7. The van der Waals surface area contributed by atoms with E-state index < -0.39 is 21.9 Å². The van der Waals surface area contributed by atoms with Crippen molar-refractivity contribution in [3.63, 3.8) is 0 Å². The summed E-state index contributed by atoms with van der Waals surface area (Å²) in [5.41, 5.74) is 1.67. The van der Waals surface area contributed by atoms with Crippen LogP contribution in [0, 0.1) is 5.82 Å². The van der Waals surface area contributed by atoms with Gasteiger partial charge in [-0.2, -0.15) is 17.6 Å². The summed E-state index contributed by atoms with van der Waals surface area (Å²) in [5, 5.41) is 5.71. The first-order chi connectivity index (χ1) is 16.4. The minimum atomic E-state index is -3.90. The van der Waals surface area contributed by atoms with Gasteiger partial charge < -0.3 is 4.74 Å². The minimum Gasteiger partial charge on any atom is -0.484 e. The van der Waals surface area contributed by atoms with Crippen molar-refractivity contribution in [3.8, 4) is 16.9 Å². The molecule has 1 aromatic heterocycles. The molecule has 0 radical (unpaired) electrons. The molecule has 0 fully saturated rings. The molecular weight excluding hydrogens is 451 g/mol. The van der Waals surface area contributed by atoms with Crippen molar-refractivity contribution in [2.75, 3.05) is 0 Å². The summed E-state index contributed by atoms with van der Waals surface area (Å²) in [6, 6.07) is 27.9. The quantitative estimate of drug-likeness (QED) is 0.294. The van der Waals surface area contributed by atoms with Gasteiger partial charge in [-0.1, -0.05) is 66.7 Å². The van der Waals surface area contributed by atoms with Crippen LogP contribution >= 0.6 is 0 Å². The normalized spacial score (nSPS) is 12.5. The molecule has 4 aromatic carbocycles. The van der Waals surface area contributed by atoms with Gasteiger partial charge in [-0.3, -0.25) is 0 Å². The fourth-order valence-electron chi connectivity index (χ4n) is 3.88. The van der Waals surface area contributed by atoms with E-state index in [0.717, 1.165) is 15.0 Å². The lowest BCUT2D eigenvalue weighted by molar-refractivity contribution is 0.220. The lowest BCUT2D eigenvalue weighted by Gasteiger charge is -2.14. The zero-order chi connectivity index (χ0) is 23.7. The van der Waals surface area contributed by atoms with Gasteiger partial charge in [0.2, 0.25) is 0 Å². The molecule has 5 rings (SSSR count). The molecule has 7 heteroatoms. The molecule has 0 unspecified atom stereocenters. The molecule has 0 bridgehead atoms. The molecule has 0 saturated carbocycles. The number of nitrogens with zero attached hydrogens (tertiary/aromatic N) is 2. The number of aromatic nitrogens is 2. The Balaban J connectivity index is 1.39. The lowest BCUT2D eigenvalue weighted by Crippen LogP contribution is -2.15. The van der Waals surface area contributed by atoms with E-state index in [2.05, 4.69) is 5.10 Å². The van der Waals surface area contributed by atoms with Gasteiger partial charge in [0.05, 0.1) is 4.90 Å². The van der Waals surface area contributed by atoms with Crippen LogP contribution < -0.4 is 4.74 Å². The predicted molar refractivity (Wildman–Crippen MR) is 130 cm³/mol. The third-order valence-corrected chi connectivity index (χ3v) is 7.22. The fourth-order valence-corrected chi connectivity index (χ4v) is 5.22. The van der Waals surface area contributed by atoms with E-state index in [4.69, 9.17) is 4.74 Å². The van der Waals surface area contributed by atoms with Crippen molar-refractivity contribution in [2.24, 2.45) is 0 Å². The van der Waals surface area contributed by atoms with Crippen molar-refractivity contribution in [2.45, 2.75) is 17.9 Å². The number of benzene rings is 4. The molecule has 0 amide bonds. The van der Waals surface area contributed by atoms with Crippen LogP contribution in [0.25, 0.3) is 21.9 Å². The van der Waals surface area contributed by atoms with E-state index in [1.54, 1.807) is 49.4 Å². The highest BCUT2D eigenvalue weighted by atomic mass is 32.2. The van der Waals surface area contributed by atoms with Gasteiger partial charge in [0, 0.05) is 23.2 Å². The van der Waals surface area contributed by atoms with Gasteiger partial charge in [0.1, 0.15) is 23.4 Å². The van der Waals surface area contributed by atoms with Crippen LogP contribution in [0.3, 0.4) is 0 Å². The van der Waals surface area contributed by atoms with Gasteiger partial charge in [-0.05, 0) is 42.1 Å². The predicted octanol–water partition coefficient (Wildman–Crippen LogP) is 6.22. The number of halogens is 1. The highest BCUT2D eigenvalue weighted by molar-refractivity contribution is 7.90. The van der Waals surface area contributed by atoms with E-state index in [-0.39, 0.29) is 4.90 Å². The SMILES string of the molecule is C[C@@H](Oc1ccc(-c2ccccc2)c(F)c1)c1ccn(S(=O)(=O)c2cccc3ccccc23)n1.